The van der Waals surface area contributed by atoms with Gasteiger partial charge in [-0.25, -0.2) is 0 Å². The Hall–Kier alpha value is -3.54. The molecule has 1 amide bonds. The summed E-state index contributed by atoms with van der Waals surface area (Å²) in [6, 6.07) is 11.2. The summed E-state index contributed by atoms with van der Waals surface area (Å²) >= 11 is 0. The zero-order valence-electron chi connectivity index (χ0n) is 19.6. The highest BCUT2D eigenvalue weighted by atomic mass is 16.5. The largest absolute Gasteiger partial charge is 0.507 e. The predicted molar refractivity (Wildman–Crippen MR) is 127 cm³/mol. The summed E-state index contributed by atoms with van der Waals surface area (Å²) in [5.74, 6) is 1.84. The van der Waals surface area contributed by atoms with Crippen molar-refractivity contribution in [2.24, 2.45) is 0 Å². The number of nitrogens with zero attached hydrogens (tertiary/aromatic N) is 1. The molecule has 4 rings (SSSR count). The first kappa shape index (κ1) is 22.6. The number of ether oxygens (including phenoxy) is 2. The van der Waals surface area contributed by atoms with E-state index in [1.807, 2.05) is 45.0 Å². The predicted octanol–water partition coefficient (Wildman–Crippen LogP) is 4.81. The molecule has 0 saturated heterocycles. The zero-order chi connectivity index (χ0) is 23.6. The van der Waals surface area contributed by atoms with Crippen LogP contribution in [0.25, 0.3) is 0 Å². The molecule has 0 bridgehead atoms. The van der Waals surface area contributed by atoms with Gasteiger partial charge in [-0.3, -0.25) is 9.78 Å². The molecule has 2 aromatic carbocycles. The maximum absolute atomic E-state index is 12.2. The van der Waals surface area contributed by atoms with Crippen LogP contribution in [-0.2, 0) is 13.0 Å². The van der Waals surface area contributed by atoms with Crippen LogP contribution in [0.2, 0.25) is 0 Å². The number of amides is 1. The topological polar surface area (TPSA) is 80.7 Å². The van der Waals surface area contributed by atoms with Crippen molar-refractivity contribution < 1.29 is 19.4 Å². The van der Waals surface area contributed by atoms with Crippen LogP contribution in [0.15, 0.2) is 48.8 Å². The summed E-state index contributed by atoms with van der Waals surface area (Å²) in [5, 5.41) is 13.3. The molecular weight excluding hydrogens is 416 g/mol. The Kier molecular flexibility index (Phi) is 6.27. The number of carbonyl (C=O) groups is 1. The summed E-state index contributed by atoms with van der Waals surface area (Å²) in [6.45, 7) is 8.77. The van der Waals surface area contributed by atoms with Crippen LogP contribution in [0.3, 0.4) is 0 Å². The molecular formula is C27H30N2O4. The Bertz CT molecular complexity index is 1160. The molecule has 6 heteroatoms. The van der Waals surface area contributed by atoms with Crippen LogP contribution >= 0.6 is 0 Å². The number of benzene rings is 2. The van der Waals surface area contributed by atoms with E-state index in [1.165, 1.54) is 0 Å². The van der Waals surface area contributed by atoms with Crippen LogP contribution < -0.4 is 14.8 Å². The fourth-order valence-corrected chi connectivity index (χ4v) is 4.12. The number of hydrogen-bond donors (Lipinski definition) is 2. The SMILES string of the molecule is Cc1c(C)c2c(c(C)c1O)CCC(C)(COc1ccc(CNC(=O)c3cccnc3)cc1)O2. The quantitative estimate of drug-likeness (QED) is 0.568. The maximum Gasteiger partial charge on any atom is 0.253 e. The number of aromatic nitrogens is 1. The van der Waals surface area contributed by atoms with Crippen LogP contribution in [0, 0.1) is 20.8 Å². The first-order chi connectivity index (χ1) is 15.8. The van der Waals surface area contributed by atoms with Gasteiger partial charge in [0.15, 0.2) is 0 Å². The summed E-state index contributed by atoms with van der Waals surface area (Å²) in [7, 11) is 0. The van der Waals surface area contributed by atoms with Gasteiger partial charge in [0, 0.05) is 24.5 Å². The van der Waals surface area contributed by atoms with Crippen molar-refractivity contribution in [1.29, 1.82) is 0 Å². The van der Waals surface area contributed by atoms with E-state index in [9.17, 15) is 9.90 Å². The van der Waals surface area contributed by atoms with Gasteiger partial charge in [-0.15, -0.1) is 0 Å². The number of nitrogens with one attached hydrogen (secondary N) is 1. The lowest BCUT2D eigenvalue weighted by atomic mass is 9.87. The second-order valence-corrected chi connectivity index (χ2v) is 8.94. The highest BCUT2D eigenvalue weighted by Gasteiger charge is 2.35. The van der Waals surface area contributed by atoms with Crippen molar-refractivity contribution >= 4 is 5.91 Å². The van der Waals surface area contributed by atoms with E-state index >= 15 is 0 Å². The minimum absolute atomic E-state index is 0.153. The zero-order valence-corrected chi connectivity index (χ0v) is 19.6. The Balaban J connectivity index is 1.35. The summed E-state index contributed by atoms with van der Waals surface area (Å²) in [6.07, 6.45) is 4.83. The van der Waals surface area contributed by atoms with Crippen molar-refractivity contribution in [3.63, 3.8) is 0 Å². The van der Waals surface area contributed by atoms with Crippen molar-refractivity contribution in [1.82, 2.24) is 10.3 Å². The number of phenols is 1. The molecule has 2 N–H and O–H groups in total. The van der Waals surface area contributed by atoms with Gasteiger partial charge in [-0.2, -0.15) is 0 Å². The molecule has 0 spiro atoms. The Morgan fingerprint density at radius 3 is 2.61 bits per heavy atom. The fourth-order valence-electron chi connectivity index (χ4n) is 4.12. The average Bonchev–Trinajstić information content (AvgIpc) is 2.84. The summed E-state index contributed by atoms with van der Waals surface area (Å²) in [4.78, 5) is 16.1. The average molecular weight is 447 g/mol. The first-order valence-electron chi connectivity index (χ1n) is 11.2. The molecule has 1 aliphatic heterocycles. The second-order valence-electron chi connectivity index (χ2n) is 8.94. The molecule has 0 fully saturated rings. The lowest BCUT2D eigenvalue weighted by molar-refractivity contribution is 0.0166. The standard InChI is InChI=1S/C27H30N2O4/c1-17-18(2)25-23(19(3)24(17)30)11-12-27(4,33-25)16-32-22-9-7-20(8-10-22)14-29-26(31)21-6-5-13-28-15-21/h5-10,13,15,30H,11-12,14,16H2,1-4H3,(H,29,31). The molecule has 0 radical (unpaired) electrons. The van der Waals surface area contributed by atoms with E-state index in [0.29, 0.717) is 24.5 Å². The Labute approximate surface area is 194 Å². The molecule has 1 atom stereocenters. The van der Waals surface area contributed by atoms with Gasteiger partial charge in [-0.05, 0) is 87.1 Å². The number of phenolic OH excluding ortho intramolecular Hbond substituents is 1. The number of pyridine rings is 1. The number of hydrogen-bond acceptors (Lipinski definition) is 5. The van der Waals surface area contributed by atoms with Crippen molar-refractivity contribution in [3.8, 4) is 17.2 Å². The maximum atomic E-state index is 12.2. The van der Waals surface area contributed by atoms with Gasteiger partial charge in [0.1, 0.15) is 29.5 Å². The molecule has 1 unspecified atom stereocenters. The van der Waals surface area contributed by atoms with Gasteiger partial charge in [-0.1, -0.05) is 12.1 Å². The second kappa shape index (κ2) is 9.14. The van der Waals surface area contributed by atoms with Gasteiger partial charge in [0.2, 0.25) is 0 Å². The van der Waals surface area contributed by atoms with Gasteiger partial charge in [0.05, 0.1) is 5.56 Å². The minimum atomic E-state index is -0.454. The van der Waals surface area contributed by atoms with Crippen LogP contribution in [0.5, 0.6) is 17.2 Å². The molecule has 0 aliphatic carbocycles. The summed E-state index contributed by atoms with van der Waals surface area (Å²) < 4.78 is 12.5. The third-order valence-electron chi connectivity index (χ3n) is 6.44. The van der Waals surface area contributed by atoms with Crippen molar-refractivity contribution in [2.75, 3.05) is 6.61 Å². The highest BCUT2D eigenvalue weighted by Crippen LogP contribution is 2.43. The molecule has 3 aromatic rings. The molecule has 1 aromatic heterocycles. The van der Waals surface area contributed by atoms with Crippen molar-refractivity contribution in [3.05, 3.63) is 82.2 Å². The lowest BCUT2D eigenvalue weighted by Gasteiger charge is -2.37. The molecule has 172 valence electrons. The van der Waals surface area contributed by atoms with Crippen molar-refractivity contribution in [2.45, 2.75) is 52.7 Å². The monoisotopic (exact) mass is 446 g/mol. The van der Waals surface area contributed by atoms with Crippen LogP contribution in [-0.4, -0.2) is 28.2 Å². The fraction of sp³-hybridized carbons (Fsp3) is 0.333. The van der Waals surface area contributed by atoms with Gasteiger partial charge in [0.25, 0.3) is 5.91 Å². The van der Waals surface area contributed by atoms with Crippen LogP contribution in [0.4, 0.5) is 0 Å². The smallest absolute Gasteiger partial charge is 0.253 e. The first-order valence-corrected chi connectivity index (χ1v) is 11.2. The Morgan fingerprint density at radius 2 is 1.91 bits per heavy atom. The van der Waals surface area contributed by atoms with E-state index in [-0.39, 0.29) is 5.91 Å². The van der Waals surface area contributed by atoms with E-state index in [4.69, 9.17) is 9.47 Å². The van der Waals surface area contributed by atoms with Gasteiger partial charge >= 0.3 is 0 Å². The lowest BCUT2D eigenvalue weighted by Crippen LogP contribution is -2.42. The number of carbonyl (C=O) groups excluding carboxylic acids is 1. The van der Waals surface area contributed by atoms with Crippen LogP contribution in [0.1, 0.15) is 51.5 Å². The number of aromatic hydroxyl groups is 1. The minimum Gasteiger partial charge on any atom is -0.507 e. The number of rotatable bonds is 6. The van der Waals surface area contributed by atoms with E-state index in [0.717, 1.165) is 52.2 Å². The third-order valence-corrected chi connectivity index (χ3v) is 6.44. The van der Waals surface area contributed by atoms with E-state index in [2.05, 4.69) is 17.2 Å². The summed E-state index contributed by atoms with van der Waals surface area (Å²) in [5.41, 5.74) is 4.90. The molecule has 6 nitrogen and oxygen atoms in total. The van der Waals surface area contributed by atoms with Gasteiger partial charge < -0.3 is 19.9 Å². The van der Waals surface area contributed by atoms with E-state index < -0.39 is 5.60 Å². The number of fused-ring (bicyclic) bond motifs is 1. The van der Waals surface area contributed by atoms with E-state index in [1.54, 1.807) is 24.5 Å². The third kappa shape index (κ3) is 4.80. The highest BCUT2D eigenvalue weighted by molar-refractivity contribution is 5.93. The molecule has 33 heavy (non-hydrogen) atoms. The normalized spacial score (nSPS) is 17.1. The molecule has 2 heterocycles. The molecule has 1 aliphatic rings. The molecule has 0 saturated carbocycles. The Morgan fingerprint density at radius 1 is 1.15 bits per heavy atom.